The predicted octanol–water partition coefficient (Wildman–Crippen LogP) is 5.17. The van der Waals surface area contributed by atoms with Crippen molar-refractivity contribution in [2.45, 2.75) is 31.2 Å². The first-order valence-electron chi connectivity index (χ1n) is 12.1. The van der Waals surface area contributed by atoms with Gasteiger partial charge >= 0.3 is 0 Å². The Balaban J connectivity index is 1.48. The van der Waals surface area contributed by atoms with Crippen LogP contribution in [-0.4, -0.2) is 32.0 Å². The van der Waals surface area contributed by atoms with Crippen molar-refractivity contribution in [3.63, 3.8) is 0 Å². The third-order valence-corrected chi connectivity index (χ3v) is 9.10. The third-order valence-electron chi connectivity index (χ3n) is 6.23. The maximum Gasteiger partial charge on any atom is 0.279 e. The lowest BCUT2D eigenvalue weighted by Crippen LogP contribution is -2.35. The first-order chi connectivity index (χ1) is 17.9. The SMILES string of the molecule is C=CCn1c(=NC(=O)c2ccc(S(=O)(=O)N3CCCc4ccccc43)cc2)sc2cccc(OCC)c21. The molecule has 190 valence electrons. The molecule has 1 aromatic heterocycles. The second kappa shape index (κ2) is 10.4. The second-order valence-corrected chi connectivity index (χ2v) is 11.4. The summed E-state index contributed by atoms with van der Waals surface area (Å²) in [6.07, 6.45) is 3.36. The van der Waals surface area contributed by atoms with Gasteiger partial charge in [-0.05, 0) is 67.8 Å². The molecule has 0 atom stereocenters. The summed E-state index contributed by atoms with van der Waals surface area (Å²) >= 11 is 1.39. The van der Waals surface area contributed by atoms with Crippen LogP contribution in [0, 0.1) is 0 Å². The molecule has 0 radical (unpaired) electrons. The molecule has 0 saturated carbocycles. The van der Waals surface area contributed by atoms with Gasteiger partial charge in [-0.25, -0.2) is 8.42 Å². The van der Waals surface area contributed by atoms with E-state index in [9.17, 15) is 13.2 Å². The van der Waals surface area contributed by atoms with Crippen LogP contribution in [0.1, 0.15) is 29.3 Å². The number of hydrogen-bond donors (Lipinski definition) is 0. The van der Waals surface area contributed by atoms with Crippen LogP contribution < -0.4 is 13.8 Å². The third kappa shape index (κ3) is 4.72. The van der Waals surface area contributed by atoms with Crippen LogP contribution in [0.3, 0.4) is 0 Å². The van der Waals surface area contributed by atoms with Crippen molar-refractivity contribution in [3.8, 4) is 5.75 Å². The van der Waals surface area contributed by atoms with Crippen LogP contribution in [0.2, 0.25) is 0 Å². The van der Waals surface area contributed by atoms with E-state index >= 15 is 0 Å². The molecule has 0 saturated heterocycles. The van der Waals surface area contributed by atoms with E-state index in [1.54, 1.807) is 6.08 Å². The highest BCUT2D eigenvalue weighted by Crippen LogP contribution is 2.32. The standard InChI is InChI=1S/C28H27N3O4S2/c1-3-18-30-26-24(35-4-2)12-7-13-25(26)36-28(30)29-27(32)21-14-16-22(17-15-21)37(33,34)31-19-8-10-20-9-5-6-11-23(20)31/h3,5-7,9,11-17H,1,4,8,10,18-19H2,2H3. The van der Waals surface area contributed by atoms with Gasteiger partial charge in [0.1, 0.15) is 11.3 Å². The topological polar surface area (TPSA) is 81.0 Å². The number of hydrogen-bond acceptors (Lipinski definition) is 5. The molecule has 5 rings (SSSR count). The Kier molecular flexibility index (Phi) is 6.99. The molecule has 0 N–H and O–H groups in total. The molecular formula is C28H27N3O4S2. The number of thiazole rings is 1. The number of aryl methyl sites for hydroxylation is 1. The summed E-state index contributed by atoms with van der Waals surface area (Å²) in [7, 11) is -3.75. The molecule has 0 aliphatic carbocycles. The number of carbonyl (C=O) groups excluding carboxylic acids is 1. The maximum absolute atomic E-state index is 13.4. The highest BCUT2D eigenvalue weighted by molar-refractivity contribution is 7.92. The summed E-state index contributed by atoms with van der Waals surface area (Å²) in [5, 5.41) is 0. The van der Waals surface area contributed by atoms with Crippen molar-refractivity contribution in [1.29, 1.82) is 0 Å². The van der Waals surface area contributed by atoms with Crippen LogP contribution in [0.4, 0.5) is 5.69 Å². The molecule has 0 unspecified atom stereocenters. The lowest BCUT2D eigenvalue weighted by Gasteiger charge is -2.30. The normalized spacial score (nSPS) is 14.0. The summed E-state index contributed by atoms with van der Waals surface area (Å²) in [5.41, 5.74) is 2.91. The Hall–Kier alpha value is -3.69. The highest BCUT2D eigenvalue weighted by Gasteiger charge is 2.29. The minimum atomic E-state index is -3.75. The van der Waals surface area contributed by atoms with Crippen molar-refractivity contribution in [2.24, 2.45) is 4.99 Å². The summed E-state index contributed by atoms with van der Waals surface area (Å²) in [6, 6.07) is 19.3. The largest absolute Gasteiger partial charge is 0.492 e. The van der Waals surface area contributed by atoms with Gasteiger partial charge in [0.2, 0.25) is 0 Å². The first-order valence-corrected chi connectivity index (χ1v) is 14.4. The fourth-order valence-electron chi connectivity index (χ4n) is 4.55. The van der Waals surface area contributed by atoms with Crippen molar-refractivity contribution < 1.29 is 17.9 Å². The zero-order valence-electron chi connectivity index (χ0n) is 20.5. The number of anilines is 1. The number of para-hydroxylation sites is 2. The summed E-state index contributed by atoms with van der Waals surface area (Å²) in [4.78, 5) is 18.1. The van der Waals surface area contributed by atoms with Gasteiger partial charge in [0.05, 0.1) is 21.9 Å². The molecule has 1 aliphatic rings. The number of fused-ring (bicyclic) bond motifs is 2. The van der Waals surface area contributed by atoms with E-state index in [1.165, 1.54) is 39.9 Å². The van der Waals surface area contributed by atoms with Crippen LogP contribution in [0.15, 0.2) is 89.3 Å². The monoisotopic (exact) mass is 533 g/mol. The van der Waals surface area contributed by atoms with Gasteiger partial charge in [-0.3, -0.25) is 9.10 Å². The van der Waals surface area contributed by atoms with E-state index in [0.29, 0.717) is 35.7 Å². The van der Waals surface area contributed by atoms with Crippen LogP contribution in [0.5, 0.6) is 5.75 Å². The van der Waals surface area contributed by atoms with Gasteiger partial charge in [0, 0.05) is 18.7 Å². The zero-order valence-corrected chi connectivity index (χ0v) is 22.1. The van der Waals surface area contributed by atoms with E-state index in [0.717, 1.165) is 34.4 Å². The van der Waals surface area contributed by atoms with Crippen molar-refractivity contribution >= 4 is 43.2 Å². The fourth-order valence-corrected chi connectivity index (χ4v) is 7.15. The fraction of sp³-hybridized carbons (Fsp3) is 0.214. The maximum atomic E-state index is 13.4. The lowest BCUT2D eigenvalue weighted by atomic mass is 10.0. The van der Waals surface area contributed by atoms with Gasteiger partial charge in [-0.1, -0.05) is 41.7 Å². The molecular weight excluding hydrogens is 506 g/mol. The average molecular weight is 534 g/mol. The molecule has 4 aromatic rings. The van der Waals surface area contributed by atoms with Crippen LogP contribution in [0.25, 0.3) is 10.2 Å². The van der Waals surface area contributed by atoms with E-state index < -0.39 is 15.9 Å². The van der Waals surface area contributed by atoms with Crippen LogP contribution >= 0.6 is 11.3 Å². The van der Waals surface area contributed by atoms with E-state index in [1.807, 2.05) is 54.0 Å². The number of benzene rings is 3. The Bertz CT molecular complexity index is 1650. The quantitative estimate of drug-likeness (QED) is 0.307. The molecule has 2 heterocycles. The van der Waals surface area contributed by atoms with E-state index in [2.05, 4.69) is 11.6 Å². The van der Waals surface area contributed by atoms with Crippen molar-refractivity contribution in [1.82, 2.24) is 4.57 Å². The molecule has 0 spiro atoms. The van der Waals surface area contributed by atoms with Gasteiger partial charge < -0.3 is 9.30 Å². The Morgan fingerprint density at radius 3 is 2.65 bits per heavy atom. The summed E-state index contributed by atoms with van der Waals surface area (Å²) in [5.74, 6) is 0.274. The smallest absolute Gasteiger partial charge is 0.279 e. The van der Waals surface area contributed by atoms with Gasteiger partial charge in [0.25, 0.3) is 15.9 Å². The number of nitrogens with zero attached hydrogens (tertiary/aromatic N) is 3. The number of carbonyl (C=O) groups is 1. The molecule has 9 heteroatoms. The van der Waals surface area contributed by atoms with Gasteiger partial charge in [-0.2, -0.15) is 4.99 Å². The second-order valence-electron chi connectivity index (χ2n) is 8.57. The Morgan fingerprint density at radius 2 is 1.89 bits per heavy atom. The predicted molar refractivity (Wildman–Crippen MR) is 147 cm³/mol. The Morgan fingerprint density at radius 1 is 1.11 bits per heavy atom. The molecule has 37 heavy (non-hydrogen) atoms. The number of amides is 1. The molecule has 1 aliphatic heterocycles. The number of ether oxygens (including phenoxy) is 1. The average Bonchev–Trinajstić information content (AvgIpc) is 3.26. The van der Waals surface area contributed by atoms with Crippen LogP contribution in [-0.2, 0) is 23.0 Å². The summed E-state index contributed by atoms with van der Waals surface area (Å²) < 4.78 is 36.9. The minimum Gasteiger partial charge on any atom is -0.492 e. The van der Waals surface area contributed by atoms with E-state index in [4.69, 9.17) is 4.74 Å². The number of aromatic nitrogens is 1. The number of rotatable bonds is 7. The highest BCUT2D eigenvalue weighted by atomic mass is 32.2. The first kappa shape index (κ1) is 25.0. The molecule has 1 amide bonds. The molecule has 7 nitrogen and oxygen atoms in total. The molecule has 0 bridgehead atoms. The van der Waals surface area contributed by atoms with Crippen molar-refractivity contribution in [3.05, 3.63) is 95.3 Å². The van der Waals surface area contributed by atoms with Gasteiger partial charge in [0.15, 0.2) is 4.80 Å². The Labute approximate surface area is 220 Å². The lowest BCUT2D eigenvalue weighted by molar-refractivity contribution is 0.0997. The van der Waals surface area contributed by atoms with E-state index in [-0.39, 0.29) is 4.90 Å². The molecule has 3 aromatic carbocycles. The summed E-state index contributed by atoms with van der Waals surface area (Å²) in [6.45, 7) is 7.17. The number of allylic oxidation sites excluding steroid dienone is 1. The molecule has 0 fully saturated rings. The van der Waals surface area contributed by atoms with Crippen molar-refractivity contribution in [2.75, 3.05) is 17.5 Å². The number of sulfonamides is 1. The van der Waals surface area contributed by atoms with Gasteiger partial charge in [-0.15, -0.1) is 6.58 Å². The minimum absolute atomic E-state index is 0.144. The zero-order chi connectivity index (χ0) is 26.0.